The fourth-order valence-corrected chi connectivity index (χ4v) is 3.91. The fourth-order valence-electron chi connectivity index (χ4n) is 3.91. The van der Waals surface area contributed by atoms with Crippen molar-refractivity contribution in [2.45, 2.75) is 54.7 Å². The molecule has 0 amide bonds. The van der Waals surface area contributed by atoms with Gasteiger partial charge in [0.15, 0.2) is 11.4 Å². The van der Waals surface area contributed by atoms with Gasteiger partial charge in [-0.25, -0.2) is 4.85 Å². The van der Waals surface area contributed by atoms with Crippen molar-refractivity contribution in [2.24, 2.45) is 12.5 Å². The van der Waals surface area contributed by atoms with Gasteiger partial charge in [0, 0.05) is 40.3 Å². The number of furan rings is 1. The zero-order valence-corrected chi connectivity index (χ0v) is 18.6. The average molecular weight is 421 g/mol. The Morgan fingerprint density at radius 1 is 1.19 bits per heavy atom. The van der Waals surface area contributed by atoms with E-state index in [1.54, 1.807) is 64.4 Å². The molecule has 0 spiro atoms. The van der Waals surface area contributed by atoms with E-state index in [2.05, 4.69) is 4.85 Å². The lowest BCUT2D eigenvalue weighted by Crippen LogP contribution is -2.36. The standard InChI is InChI=1S/C28H31N2O/c1-16-12-17(2)26(27-25(16)22-14-21(29-8)10-11-24(22)31-27)23-13-20(15-28(5,6)7)18(3)19(4)30(23)9/h10-14H,15H2,1-7,9H3/q+1/i1D3,3D3,13D,15D2. The quantitative estimate of drug-likeness (QED) is 0.244. The van der Waals surface area contributed by atoms with Crippen LogP contribution >= 0.6 is 0 Å². The lowest BCUT2D eigenvalue weighted by atomic mass is 9.85. The summed E-state index contributed by atoms with van der Waals surface area (Å²) in [5.74, 6) is 0. The topological polar surface area (TPSA) is 21.4 Å². The first kappa shape index (κ1) is 12.7. The van der Waals surface area contributed by atoms with E-state index < -0.39 is 25.5 Å². The molecule has 0 aliphatic carbocycles. The van der Waals surface area contributed by atoms with Crippen molar-refractivity contribution < 1.29 is 21.3 Å². The van der Waals surface area contributed by atoms with Gasteiger partial charge in [-0.2, -0.15) is 4.57 Å². The van der Waals surface area contributed by atoms with Crippen LogP contribution in [0.2, 0.25) is 0 Å². The first-order valence-electron chi connectivity index (χ1n) is 14.6. The summed E-state index contributed by atoms with van der Waals surface area (Å²) in [6.07, 6.45) is -2.22. The summed E-state index contributed by atoms with van der Waals surface area (Å²) in [4.78, 5) is 3.47. The molecule has 3 nitrogen and oxygen atoms in total. The summed E-state index contributed by atoms with van der Waals surface area (Å²) in [5.41, 5.74) is 0.651. The maximum absolute atomic E-state index is 9.32. The first-order valence-corrected chi connectivity index (χ1v) is 10.1. The highest BCUT2D eigenvalue weighted by molar-refractivity contribution is 6.12. The van der Waals surface area contributed by atoms with Crippen LogP contribution in [0.25, 0.3) is 38.0 Å². The van der Waals surface area contributed by atoms with Crippen LogP contribution < -0.4 is 4.57 Å². The van der Waals surface area contributed by atoms with E-state index >= 15 is 0 Å². The van der Waals surface area contributed by atoms with E-state index in [9.17, 15) is 1.37 Å². The van der Waals surface area contributed by atoms with Crippen molar-refractivity contribution in [1.29, 1.82) is 0 Å². The van der Waals surface area contributed by atoms with Gasteiger partial charge in [0.2, 0.25) is 5.69 Å². The summed E-state index contributed by atoms with van der Waals surface area (Å²) in [6.45, 7) is 10.4. The number of hydrogen-bond donors (Lipinski definition) is 0. The van der Waals surface area contributed by atoms with Crippen LogP contribution in [0.5, 0.6) is 0 Å². The zero-order valence-electron chi connectivity index (χ0n) is 27.6. The third-order valence-electron chi connectivity index (χ3n) is 5.48. The van der Waals surface area contributed by atoms with Crippen LogP contribution in [0.4, 0.5) is 5.69 Å². The summed E-state index contributed by atoms with van der Waals surface area (Å²) in [5, 5.41) is 0.713. The SMILES string of the molecule is [2H]c1c(C([2H])([2H])C(C)(C)C)c(C([2H])([2H])[2H])c(C)[n+](C)c1-c1c(C)cc(C([2H])([2H])[2H])c2c1oc1ccc([N+]#[C-])cc12. The van der Waals surface area contributed by atoms with Gasteiger partial charge in [0.1, 0.15) is 18.2 Å². The highest BCUT2D eigenvalue weighted by Crippen LogP contribution is 2.41. The molecule has 31 heavy (non-hydrogen) atoms. The summed E-state index contributed by atoms with van der Waals surface area (Å²) < 4.78 is 84.6. The van der Waals surface area contributed by atoms with Gasteiger partial charge in [0.05, 0.1) is 13.5 Å². The highest BCUT2D eigenvalue weighted by Gasteiger charge is 2.26. The Morgan fingerprint density at radius 2 is 1.97 bits per heavy atom. The molecule has 0 saturated carbocycles. The van der Waals surface area contributed by atoms with E-state index in [-0.39, 0.29) is 45.1 Å². The Hall–Kier alpha value is -3.12. The van der Waals surface area contributed by atoms with Gasteiger partial charge in [-0.15, -0.1) is 0 Å². The fraction of sp³-hybridized carbons (Fsp3) is 0.357. The van der Waals surface area contributed by atoms with Gasteiger partial charge in [-0.3, -0.25) is 0 Å². The number of rotatable bonds is 2. The van der Waals surface area contributed by atoms with Crippen LogP contribution in [-0.4, -0.2) is 0 Å². The van der Waals surface area contributed by atoms with Crippen molar-refractivity contribution >= 4 is 27.6 Å². The molecule has 0 bridgehead atoms. The van der Waals surface area contributed by atoms with Crippen LogP contribution in [-0.2, 0) is 13.4 Å². The van der Waals surface area contributed by atoms with Gasteiger partial charge in [-0.05, 0) is 61.2 Å². The van der Waals surface area contributed by atoms with Crippen LogP contribution in [0, 0.1) is 39.5 Å². The number of benzene rings is 2. The molecule has 2 heterocycles. The number of hydrogen-bond acceptors (Lipinski definition) is 1. The Labute approximate surface area is 197 Å². The van der Waals surface area contributed by atoms with Crippen LogP contribution in [0.15, 0.2) is 34.7 Å². The minimum absolute atomic E-state index is 0.0277. The van der Waals surface area contributed by atoms with Crippen molar-refractivity contribution in [2.75, 3.05) is 0 Å². The molecule has 2 aromatic heterocycles. The largest absolute Gasteiger partial charge is 0.455 e. The Bertz CT molecular complexity index is 1730. The van der Waals surface area contributed by atoms with Crippen molar-refractivity contribution in [3.63, 3.8) is 0 Å². The minimum Gasteiger partial charge on any atom is -0.455 e. The molecule has 158 valence electrons. The second kappa shape index (κ2) is 7.24. The molecule has 0 saturated heterocycles. The molecule has 0 atom stereocenters. The van der Waals surface area contributed by atoms with Crippen molar-refractivity contribution in [3.8, 4) is 11.3 Å². The van der Waals surface area contributed by atoms with Crippen LogP contribution in [0.1, 0.15) is 61.1 Å². The number of aromatic nitrogens is 1. The van der Waals surface area contributed by atoms with Gasteiger partial charge in [0.25, 0.3) is 0 Å². The lowest BCUT2D eigenvalue weighted by Gasteiger charge is -2.21. The van der Waals surface area contributed by atoms with Gasteiger partial charge < -0.3 is 4.42 Å². The van der Waals surface area contributed by atoms with E-state index in [0.29, 0.717) is 27.8 Å². The Kier molecular flexibility index (Phi) is 2.96. The van der Waals surface area contributed by atoms with Crippen molar-refractivity contribution in [3.05, 3.63) is 69.7 Å². The predicted octanol–water partition coefficient (Wildman–Crippen LogP) is 7.45. The van der Waals surface area contributed by atoms with Gasteiger partial charge in [-0.1, -0.05) is 32.9 Å². The molecule has 2 aromatic carbocycles. The minimum atomic E-state index is -2.70. The molecule has 0 unspecified atom stereocenters. The average Bonchev–Trinajstić information content (AvgIpc) is 3.18. The number of nitrogens with zero attached hydrogens (tertiary/aromatic N) is 2. The molecule has 4 aromatic rings. The molecule has 0 radical (unpaired) electrons. The molecule has 0 aliphatic heterocycles. The number of aryl methyl sites for hydroxylation is 2. The maximum atomic E-state index is 9.32. The van der Waals surface area contributed by atoms with E-state index in [1.165, 1.54) is 6.07 Å². The molecule has 0 N–H and O–H groups in total. The normalized spacial score (nSPS) is 17.5. The lowest BCUT2D eigenvalue weighted by molar-refractivity contribution is -0.667. The summed E-state index contributed by atoms with van der Waals surface area (Å²) in [7, 11) is 1.61. The number of pyridine rings is 1. The molecule has 4 rings (SSSR count). The summed E-state index contributed by atoms with van der Waals surface area (Å²) in [6, 6.07) is 5.93. The molecular weight excluding hydrogens is 380 g/mol. The van der Waals surface area contributed by atoms with Crippen molar-refractivity contribution in [1.82, 2.24) is 0 Å². The van der Waals surface area contributed by atoms with E-state index in [0.717, 1.165) is 0 Å². The number of fused-ring (bicyclic) bond motifs is 3. The smallest absolute Gasteiger partial charge is 0.216 e. The second-order valence-corrected chi connectivity index (χ2v) is 8.96. The predicted molar refractivity (Wildman–Crippen MR) is 129 cm³/mol. The van der Waals surface area contributed by atoms with E-state index in [1.807, 2.05) is 0 Å². The maximum Gasteiger partial charge on any atom is 0.216 e. The third kappa shape index (κ3) is 3.51. The summed E-state index contributed by atoms with van der Waals surface area (Å²) >= 11 is 0. The van der Waals surface area contributed by atoms with E-state index in [4.69, 9.17) is 22.0 Å². The molecule has 3 heteroatoms. The Balaban J connectivity index is 2.31. The monoisotopic (exact) mass is 420 g/mol. The molecule has 0 fully saturated rings. The molecule has 0 aliphatic rings. The second-order valence-electron chi connectivity index (χ2n) is 8.96. The molecular formula is C28H31N2O+. The zero-order chi connectivity index (χ0) is 30.3. The van der Waals surface area contributed by atoms with Gasteiger partial charge >= 0.3 is 0 Å². The highest BCUT2D eigenvalue weighted by atomic mass is 16.3. The first-order chi connectivity index (χ1) is 18.1. The van der Waals surface area contributed by atoms with Crippen LogP contribution in [0.3, 0.4) is 0 Å². The third-order valence-corrected chi connectivity index (χ3v) is 5.48. The Morgan fingerprint density at radius 3 is 2.61 bits per heavy atom.